The molecule has 0 saturated carbocycles. The first-order chi connectivity index (χ1) is 16.7. The van der Waals surface area contributed by atoms with E-state index in [9.17, 15) is 4.79 Å². The Kier molecular flexibility index (Phi) is 6.13. The van der Waals surface area contributed by atoms with E-state index >= 15 is 0 Å². The Bertz CT molecular complexity index is 1270. The van der Waals surface area contributed by atoms with Gasteiger partial charge in [-0.05, 0) is 71.2 Å². The second-order valence-electron chi connectivity index (χ2n) is 10.1. The second-order valence-corrected chi connectivity index (χ2v) is 11.4. The summed E-state index contributed by atoms with van der Waals surface area (Å²) in [5.74, 6) is 2.19. The summed E-state index contributed by atoms with van der Waals surface area (Å²) in [4.78, 5) is 23.1. The highest BCUT2D eigenvalue weighted by Crippen LogP contribution is 2.41. The van der Waals surface area contributed by atoms with Crippen LogP contribution in [0.5, 0.6) is 11.5 Å². The first-order valence-electron chi connectivity index (χ1n) is 12.2. The lowest BCUT2D eigenvalue weighted by Crippen LogP contribution is -2.55. The third-order valence-corrected chi connectivity index (χ3v) is 7.62. The average molecular weight is 496 g/mol. The van der Waals surface area contributed by atoms with Gasteiger partial charge in [0.15, 0.2) is 23.0 Å². The smallest absolute Gasteiger partial charge is 0.274 e. The number of rotatable bonds is 5. The molecule has 0 radical (unpaired) electrons. The molecule has 4 heterocycles. The van der Waals surface area contributed by atoms with Crippen LogP contribution in [0.15, 0.2) is 24.3 Å². The second kappa shape index (κ2) is 8.99. The molecular weight excluding hydrogens is 462 g/mol. The third kappa shape index (κ3) is 4.23. The molecule has 5 rings (SSSR count). The fraction of sp³-hybridized carbons (Fsp3) is 0.481. The molecule has 0 atom stereocenters. The predicted octanol–water partition coefficient (Wildman–Crippen LogP) is 5.05. The summed E-state index contributed by atoms with van der Waals surface area (Å²) in [6, 6.07) is 8.28. The number of morpholine rings is 1. The Balaban J connectivity index is 1.70. The minimum Gasteiger partial charge on any atom is -0.493 e. The summed E-state index contributed by atoms with van der Waals surface area (Å²) in [5, 5.41) is 0. The molecule has 2 aliphatic heterocycles. The number of nitrogens with zero attached hydrogens (tertiary/aromatic N) is 3. The fourth-order valence-electron chi connectivity index (χ4n) is 4.96. The molecule has 0 aliphatic carbocycles. The Morgan fingerprint density at radius 2 is 2.00 bits per heavy atom. The lowest BCUT2D eigenvalue weighted by Gasteiger charge is -2.41. The normalized spacial score (nSPS) is 16.7. The van der Waals surface area contributed by atoms with Gasteiger partial charge < -0.3 is 19.1 Å². The summed E-state index contributed by atoms with van der Waals surface area (Å²) in [5.41, 5.74) is 3.25. The molecular formula is C27H33N3O4S. The molecule has 1 saturated heterocycles. The number of ether oxygens (including phenoxy) is 3. The zero-order valence-electron chi connectivity index (χ0n) is 21.3. The summed E-state index contributed by atoms with van der Waals surface area (Å²) in [6.45, 7) is 11.8. The molecule has 2 aliphatic rings. The lowest BCUT2D eigenvalue weighted by molar-refractivity contribution is -0.0373. The number of hydrogen-bond donors (Lipinski definition) is 0. The van der Waals surface area contributed by atoms with Gasteiger partial charge in [0.1, 0.15) is 0 Å². The van der Waals surface area contributed by atoms with Crippen LogP contribution in [0.1, 0.15) is 54.3 Å². The lowest BCUT2D eigenvalue weighted by atomic mass is 9.98. The average Bonchev–Trinajstić information content (AvgIpc) is 3.41. The minimum absolute atomic E-state index is 0.00732. The van der Waals surface area contributed by atoms with Gasteiger partial charge in [0.05, 0.1) is 48.2 Å². The van der Waals surface area contributed by atoms with Gasteiger partial charge in [-0.1, -0.05) is 0 Å². The van der Waals surface area contributed by atoms with Crippen LogP contribution < -0.4 is 9.47 Å². The number of fused-ring (bicyclic) bond motifs is 3. The number of amides is 1. The number of benzene rings is 1. The Hall–Kier alpha value is -2.84. The summed E-state index contributed by atoms with van der Waals surface area (Å²) < 4.78 is 19.6. The van der Waals surface area contributed by atoms with Crippen molar-refractivity contribution in [1.82, 2.24) is 14.5 Å². The number of hydrogen-bond acceptors (Lipinski definition) is 6. The van der Waals surface area contributed by atoms with Crippen LogP contribution in [0.3, 0.4) is 0 Å². The molecule has 186 valence electrons. The summed E-state index contributed by atoms with van der Waals surface area (Å²) in [7, 11) is 1.67. The van der Waals surface area contributed by atoms with E-state index in [1.165, 1.54) is 4.88 Å². The van der Waals surface area contributed by atoms with E-state index < -0.39 is 0 Å². The molecule has 0 spiro atoms. The molecule has 2 aromatic heterocycles. The highest BCUT2D eigenvalue weighted by Gasteiger charge is 2.38. The van der Waals surface area contributed by atoms with Crippen LogP contribution in [0.4, 0.5) is 0 Å². The molecule has 8 heteroatoms. The number of carbonyl (C=O) groups excluding carboxylic acids is 1. The van der Waals surface area contributed by atoms with Gasteiger partial charge in [0.2, 0.25) is 0 Å². The largest absolute Gasteiger partial charge is 0.493 e. The molecule has 0 bridgehead atoms. The van der Waals surface area contributed by atoms with Crippen LogP contribution in [0.2, 0.25) is 0 Å². The number of imidazole rings is 1. The van der Waals surface area contributed by atoms with E-state index in [-0.39, 0.29) is 17.6 Å². The standard InChI is InChI=1S/C27H33N3O4S/c1-16(2)34-22-14-20-18(13-21(22)32-6)8-9-19-24(26(31)29-11-12-33-15-27(29,4)5)28-25(30(19)20)23-10-7-17(3)35-23/h7,10,13-14,16H,8-9,11-12,15H2,1-6H3. The van der Waals surface area contributed by atoms with E-state index in [0.29, 0.717) is 31.2 Å². The van der Waals surface area contributed by atoms with Gasteiger partial charge in [0.25, 0.3) is 5.91 Å². The highest BCUT2D eigenvalue weighted by atomic mass is 32.1. The number of thiophene rings is 1. The van der Waals surface area contributed by atoms with Gasteiger partial charge in [-0.25, -0.2) is 4.98 Å². The van der Waals surface area contributed by atoms with Crippen molar-refractivity contribution in [3.05, 3.63) is 46.1 Å². The van der Waals surface area contributed by atoms with Gasteiger partial charge in [-0.2, -0.15) is 0 Å². The van der Waals surface area contributed by atoms with Crippen molar-refractivity contribution in [3.63, 3.8) is 0 Å². The van der Waals surface area contributed by atoms with Crippen molar-refractivity contribution < 1.29 is 19.0 Å². The molecule has 0 N–H and O–H groups in total. The van der Waals surface area contributed by atoms with E-state index in [2.05, 4.69) is 29.7 Å². The number of aromatic nitrogens is 2. The topological polar surface area (TPSA) is 65.8 Å². The molecule has 3 aromatic rings. The van der Waals surface area contributed by atoms with Crippen LogP contribution in [0.25, 0.3) is 16.4 Å². The zero-order valence-corrected chi connectivity index (χ0v) is 22.1. The van der Waals surface area contributed by atoms with E-state index in [0.717, 1.165) is 46.2 Å². The van der Waals surface area contributed by atoms with Crippen molar-refractivity contribution in [1.29, 1.82) is 0 Å². The molecule has 1 aromatic carbocycles. The molecule has 1 fully saturated rings. The number of methoxy groups -OCH3 is 1. The number of aryl methyl sites for hydroxylation is 2. The van der Waals surface area contributed by atoms with Gasteiger partial charge >= 0.3 is 0 Å². The van der Waals surface area contributed by atoms with Crippen molar-refractivity contribution in [2.24, 2.45) is 0 Å². The molecule has 35 heavy (non-hydrogen) atoms. The van der Waals surface area contributed by atoms with Gasteiger partial charge in [-0.15, -0.1) is 11.3 Å². The third-order valence-electron chi connectivity index (χ3n) is 6.63. The van der Waals surface area contributed by atoms with Crippen LogP contribution in [0, 0.1) is 6.92 Å². The minimum atomic E-state index is -0.385. The fourth-order valence-corrected chi connectivity index (χ4v) is 5.80. The van der Waals surface area contributed by atoms with Crippen LogP contribution in [-0.4, -0.2) is 58.9 Å². The maximum absolute atomic E-state index is 13.9. The van der Waals surface area contributed by atoms with E-state index in [1.54, 1.807) is 18.4 Å². The van der Waals surface area contributed by atoms with Gasteiger partial charge in [0, 0.05) is 17.5 Å². The SMILES string of the molecule is COc1cc2c(cc1OC(C)C)-n1c(-c3ccc(C)s3)nc(C(=O)N3CCOCC3(C)C)c1CC2. The van der Waals surface area contributed by atoms with Crippen molar-refractivity contribution >= 4 is 17.2 Å². The van der Waals surface area contributed by atoms with Crippen molar-refractivity contribution in [2.75, 3.05) is 26.9 Å². The molecule has 1 amide bonds. The van der Waals surface area contributed by atoms with E-state index in [4.69, 9.17) is 19.2 Å². The zero-order chi connectivity index (χ0) is 24.9. The first kappa shape index (κ1) is 23.9. The quantitative estimate of drug-likeness (QED) is 0.495. The highest BCUT2D eigenvalue weighted by molar-refractivity contribution is 7.15. The predicted molar refractivity (Wildman–Crippen MR) is 137 cm³/mol. The van der Waals surface area contributed by atoms with Gasteiger partial charge in [-0.3, -0.25) is 9.36 Å². The summed E-state index contributed by atoms with van der Waals surface area (Å²) in [6.07, 6.45) is 1.53. The van der Waals surface area contributed by atoms with Crippen LogP contribution >= 0.6 is 11.3 Å². The summed E-state index contributed by atoms with van der Waals surface area (Å²) >= 11 is 1.69. The Morgan fingerprint density at radius 1 is 1.20 bits per heavy atom. The first-order valence-corrected chi connectivity index (χ1v) is 13.0. The Morgan fingerprint density at radius 3 is 2.66 bits per heavy atom. The molecule has 7 nitrogen and oxygen atoms in total. The van der Waals surface area contributed by atoms with E-state index in [1.807, 2.05) is 38.7 Å². The molecule has 0 unspecified atom stereocenters. The maximum Gasteiger partial charge on any atom is 0.274 e. The van der Waals surface area contributed by atoms with Crippen molar-refractivity contribution in [2.45, 2.75) is 59.1 Å². The maximum atomic E-state index is 13.9. The Labute approximate surface area is 210 Å². The number of carbonyl (C=O) groups is 1. The van der Waals surface area contributed by atoms with Crippen LogP contribution in [-0.2, 0) is 17.6 Å². The van der Waals surface area contributed by atoms with Crippen molar-refractivity contribution in [3.8, 4) is 27.9 Å². The monoisotopic (exact) mass is 495 g/mol.